The van der Waals surface area contributed by atoms with Gasteiger partial charge in [-0.1, -0.05) is 36.5 Å². The van der Waals surface area contributed by atoms with Crippen molar-refractivity contribution in [1.82, 2.24) is 0 Å². The van der Waals surface area contributed by atoms with E-state index in [9.17, 15) is 14.7 Å². The molecule has 4 rings (SSSR count). The number of rotatable bonds is 5. The number of carboxylic acid groups (broad SMARTS) is 2. The standard InChI is InChI=1S/C21H19NO5S/c22-21(20(25)26,13-8-12(9-13)19(23)24)10-11-4-3-7-16-17(11)18(28)14-5-1-2-6-15(14)27-16/h1-7,12-13H,8-10,22H2,(H,23,24)(H,25,26)/t12-,13-,21?. The zero-order valence-electron chi connectivity index (χ0n) is 14.9. The van der Waals surface area contributed by atoms with Gasteiger partial charge in [-0.3, -0.25) is 9.59 Å². The van der Waals surface area contributed by atoms with E-state index in [1.807, 2.05) is 24.3 Å². The molecule has 1 aliphatic rings. The molecule has 2 aromatic carbocycles. The van der Waals surface area contributed by atoms with E-state index in [0.717, 1.165) is 5.39 Å². The molecule has 1 saturated carbocycles. The lowest BCUT2D eigenvalue weighted by molar-refractivity contribution is -0.155. The molecule has 28 heavy (non-hydrogen) atoms. The number of nitrogens with two attached hydrogens (primary N) is 1. The summed E-state index contributed by atoms with van der Waals surface area (Å²) in [6.45, 7) is 0. The van der Waals surface area contributed by atoms with Crippen LogP contribution in [0.5, 0.6) is 0 Å². The third-order valence-corrected chi connectivity index (χ3v) is 6.21. The maximum absolute atomic E-state index is 12.0. The number of carboxylic acids is 2. The fourth-order valence-electron chi connectivity index (χ4n) is 4.01. The second kappa shape index (κ2) is 6.68. The van der Waals surface area contributed by atoms with Gasteiger partial charge in [-0.25, -0.2) is 0 Å². The summed E-state index contributed by atoms with van der Waals surface area (Å²) in [7, 11) is 0. The number of hydrogen-bond acceptors (Lipinski definition) is 5. The Balaban J connectivity index is 1.80. The summed E-state index contributed by atoms with van der Waals surface area (Å²) in [6, 6.07) is 12.8. The molecule has 0 amide bonds. The molecule has 7 heteroatoms. The lowest BCUT2D eigenvalue weighted by Gasteiger charge is -2.43. The quantitative estimate of drug-likeness (QED) is 0.444. The van der Waals surface area contributed by atoms with Crippen molar-refractivity contribution < 1.29 is 24.2 Å². The van der Waals surface area contributed by atoms with Gasteiger partial charge in [0.1, 0.15) is 16.7 Å². The third kappa shape index (κ3) is 2.87. The Morgan fingerprint density at radius 3 is 2.46 bits per heavy atom. The van der Waals surface area contributed by atoms with Crippen molar-refractivity contribution in [2.24, 2.45) is 17.6 Å². The van der Waals surface area contributed by atoms with Crippen molar-refractivity contribution in [2.75, 3.05) is 0 Å². The summed E-state index contributed by atoms with van der Waals surface area (Å²) in [5.41, 5.74) is 6.71. The number of para-hydroxylation sites is 1. The first-order valence-electron chi connectivity index (χ1n) is 9.00. The van der Waals surface area contributed by atoms with E-state index >= 15 is 0 Å². The Bertz CT molecular complexity index is 1160. The molecule has 3 aromatic rings. The van der Waals surface area contributed by atoms with Crippen LogP contribution in [0.1, 0.15) is 18.4 Å². The van der Waals surface area contributed by atoms with E-state index in [1.54, 1.807) is 18.2 Å². The van der Waals surface area contributed by atoms with Gasteiger partial charge < -0.3 is 20.4 Å². The van der Waals surface area contributed by atoms with Crippen LogP contribution in [0.15, 0.2) is 46.9 Å². The topological polar surface area (TPSA) is 114 Å². The smallest absolute Gasteiger partial charge is 0.324 e. The molecule has 1 atom stereocenters. The highest BCUT2D eigenvalue weighted by Crippen LogP contribution is 2.42. The largest absolute Gasteiger partial charge is 0.481 e. The van der Waals surface area contributed by atoms with Crippen LogP contribution in [0.25, 0.3) is 21.9 Å². The molecule has 1 fully saturated rings. The monoisotopic (exact) mass is 397 g/mol. The number of benzene rings is 2. The SMILES string of the molecule is NC(Cc1cccc2oc3ccccc3c(=S)c12)(C(=O)O)[C@H]1C[C@H](C(=O)O)C1. The zero-order valence-corrected chi connectivity index (χ0v) is 15.7. The van der Waals surface area contributed by atoms with Gasteiger partial charge in [-0.15, -0.1) is 0 Å². The van der Waals surface area contributed by atoms with Crippen LogP contribution in [0.4, 0.5) is 0 Å². The van der Waals surface area contributed by atoms with E-state index in [4.69, 9.17) is 27.5 Å². The summed E-state index contributed by atoms with van der Waals surface area (Å²) >= 11 is 5.67. The van der Waals surface area contributed by atoms with Crippen LogP contribution in [-0.4, -0.2) is 27.7 Å². The van der Waals surface area contributed by atoms with Gasteiger partial charge in [0.05, 0.1) is 10.4 Å². The van der Waals surface area contributed by atoms with Crippen molar-refractivity contribution in [1.29, 1.82) is 0 Å². The average Bonchev–Trinajstić information content (AvgIpc) is 2.60. The highest BCUT2D eigenvalue weighted by Gasteiger charge is 2.50. The predicted molar refractivity (Wildman–Crippen MR) is 107 cm³/mol. The van der Waals surface area contributed by atoms with Gasteiger partial charge in [0.2, 0.25) is 0 Å². The minimum Gasteiger partial charge on any atom is -0.481 e. The minimum absolute atomic E-state index is 0.0498. The molecule has 4 N–H and O–H groups in total. The first-order valence-corrected chi connectivity index (χ1v) is 9.40. The molecule has 1 aromatic heterocycles. The van der Waals surface area contributed by atoms with Crippen molar-refractivity contribution in [2.45, 2.75) is 24.8 Å². The summed E-state index contributed by atoms with van der Waals surface area (Å²) in [4.78, 5) is 23.2. The summed E-state index contributed by atoms with van der Waals surface area (Å²) < 4.78 is 6.55. The molecule has 1 aliphatic carbocycles. The zero-order chi connectivity index (χ0) is 20.1. The van der Waals surface area contributed by atoms with Crippen molar-refractivity contribution in [3.8, 4) is 0 Å². The highest BCUT2D eigenvalue weighted by atomic mass is 32.1. The first-order chi connectivity index (χ1) is 13.3. The van der Waals surface area contributed by atoms with Crippen LogP contribution in [-0.2, 0) is 16.0 Å². The van der Waals surface area contributed by atoms with E-state index in [0.29, 0.717) is 26.6 Å². The van der Waals surface area contributed by atoms with Gasteiger partial charge in [0.15, 0.2) is 0 Å². The summed E-state index contributed by atoms with van der Waals surface area (Å²) in [6.07, 6.45) is 0.571. The van der Waals surface area contributed by atoms with Crippen LogP contribution in [0, 0.1) is 16.3 Å². The molecule has 1 heterocycles. The van der Waals surface area contributed by atoms with Gasteiger partial charge in [-0.2, -0.15) is 0 Å². The Morgan fingerprint density at radius 1 is 1.11 bits per heavy atom. The predicted octanol–water partition coefficient (Wildman–Crippen LogP) is 3.75. The summed E-state index contributed by atoms with van der Waals surface area (Å²) in [5.74, 6) is -2.99. The molecular formula is C21H19NO5S. The first kappa shape index (κ1) is 18.6. The molecule has 0 aliphatic heterocycles. The number of aliphatic carboxylic acids is 2. The van der Waals surface area contributed by atoms with E-state index in [1.165, 1.54) is 0 Å². The van der Waals surface area contributed by atoms with Crippen LogP contribution in [0.2, 0.25) is 0 Å². The van der Waals surface area contributed by atoms with Crippen LogP contribution in [0.3, 0.4) is 0 Å². The Kier molecular flexibility index (Phi) is 4.44. The van der Waals surface area contributed by atoms with E-state index in [2.05, 4.69) is 0 Å². The summed E-state index contributed by atoms with van der Waals surface area (Å²) in [5, 5.41) is 20.4. The lowest BCUT2D eigenvalue weighted by atomic mass is 9.63. The Hall–Kier alpha value is -2.77. The fraction of sp³-hybridized carbons (Fsp3) is 0.286. The van der Waals surface area contributed by atoms with Gasteiger partial charge in [-0.05, 0) is 42.5 Å². The van der Waals surface area contributed by atoms with Gasteiger partial charge in [0.25, 0.3) is 0 Å². The molecule has 0 spiro atoms. The molecule has 0 radical (unpaired) electrons. The maximum Gasteiger partial charge on any atom is 0.324 e. The lowest BCUT2D eigenvalue weighted by Crippen LogP contribution is -2.60. The fourth-order valence-corrected chi connectivity index (χ4v) is 4.41. The normalized spacial score (nSPS) is 21.2. The number of hydrogen-bond donors (Lipinski definition) is 3. The second-order valence-electron chi connectivity index (χ2n) is 7.44. The van der Waals surface area contributed by atoms with Gasteiger partial charge >= 0.3 is 11.9 Å². The van der Waals surface area contributed by atoms with E-state index < -0.39 is 29.3 Å². The van der Waals surface area contributed by atoms with E-state index in [-0.39, 0.29) is 19.3 Å². The van der Waals surface area contributed by atoms with Crippen LogP contribution >= 0.6 is 12.2 Å². The second-order valence-corrected chi connectivity index (χ2v) is 7.85. The maximum atomic E-state index is 12.0. The van der Waals surface area contributed by atoms with Crippen LogP contribution < -0.4 is 5.73 Å². The van der Waals surface area contributed by atoms with Crippen molar-refractivity contribution in [3.63, 3.8) is 0 Å². The number of carbonyl (C=O) groups is 2. The Labute approximate surface area is 165 Å². The van der Waals surface area contributed by atoms with Crippen molar-refractivity contribution in [3.05, 3.63) is 52.5 Å². The highest BCUT2D eigenvalue weighted by molar-refractivity contribution is 7.72. The molecule has 0 saturated heterocycles. The number of fused-ring (bicyclic) bond motifs is 2. The third-order valence-electron chi connectivity index (χ3n) is 5.79. The average molecular weight is 397 g/mol. The molecule has 0 bridgehead atoms. The molecule has 6 nitrogen and oxygen atoms in total. The molecule has 144 valence electrons. The van der Waals surface area contributed by atoms with Gasteiger partial charge in [0, 0.05) is 17.2 Å². The Morgan fingerprint density at radius 2 is 1.79 bits per heavy atom. The van der Waals surface area contributed by atoms with Crippen molar-refractivity contribution >= 4 is 46.1 Å². The molecular weight excluding hydrogens is 378 g/mol. The molecule has 1 unspecified atom stereocenters. The minimum atomic E-state index is -1.56.